The van der Waals surface area contributed by atoms with Crippen LogP contribution in [-0.2, 0) is 9.47 Å². The van der Waals surface area contributed by atoms with Crippen LogP contribution in [0.15, 0.2) is 28.7 Å². The first-order valence-electron chi connectivity index (χ1n) is 13.1. The molecule has 1 aliphatic carbocycles. The van der Waals surface area contributed by atoms with E-state index in [1.54, 1.807) is 37.2 Å². The summed E-state index contributed by atoms with van der Waals surface area (Å²) in [5, 5.41) is 2.19. The second-order valence-corrected chi connectivity index (χ2v) is 10.8. The zero-order chi connectivity index (χ0) is 28.5. The van der Waals surface area contributed by atoms with E-state index in [4.69, 9.17) is 14.2 Å². The van der Waals surface area contributed by atoms with Gasteiger partial charge in [-0.25, -0.2) is 18.4 Å². The molecular weight excluding hydrogens is 512 g/mol. The van der Waals surface area contributed by atoms with Crippen LogP contribution in [0.3, 0.4) is 0 Å². The largest absolute Gasteiger partial charge is 0.492 e. The number of alkyl halides is 1. The molecule has 2 heterocycles. The number of esters is 1. The van der Waals surface area contributed by atoms with Crippen molar-refractivity contribution in [2.45, 2.75) is 71.3 Å². The molecule has 1 unspecified atom stereocenters. The molecule has 1 aromatic carbocycles. The molecule has 0 bridgehead atoms. The summed E-state index contributed by atoms with van der Waals surface area (Å²) < 4.78 is 48.0. The first-order valence-corrected chi connectivity index (χ1v) is 13.1. The van der Waals surface area contributed by atoms with Crippen LogP contribution in [-0.4, -0.2) is 55.3 Å². The van der Waals surface area contributed by atoms with Gasteiger partial charge in [0, 0.05) is 25.3 Å². The molecule has 1 saturated heterocycles. The second-order valence-electron chi connectivity index (χ2n) is 10.8. The fourth-order valence-corrected chi connectivity index (χ4v) is 4.82. The summed E-state index contributed by atoms with van der Waals surface area (Å²) in [6.45, 7) is 7.47. The number of fused-ring (bicyclic) bond motifs is 1. The minimum atomic E-state index is -1.78. The van der Waals surface area contributed by atoms with Crippen LogP contribution >= 0.6 is 0 Å². The monoisotopic (exact) mass is 547 g/mol. The molecular formula is C28H35F2N3O6. The van der Waals surface area contributed by atoms with Crippen LogP contribution in [0.4, 0.5) is 19.3 Å². The minimum Gasteiger partial charge on any atom is -0.492 e. The lowest BCUT2D eigenvalue weighted by molar-refractivity contribution is 0.0474. The highest BCUT2D eigenvalue weighted by Gasteiger charge is 2.32. The number of nitrogens with one attached hydrogen (secondary N) is 1. The molecule has 2 fully saturated rings. The topological polar surface area (TPSA) is 99.1 Å². The molecule has 1 aliphatic heterocycles. The van der Waals surface area contributed by atoms with Crippen molar-refractivity contribution in [3.8, 4) is 5.75 Å². The molecule has 4 rings (SSSR count). The molecule has 0 radical (unpaired) electrons. The summed E-state index contributed by atoms with van der Waals surface area (Å²) in [6, 6.07) is 1.17. The van der Waals surface area contributed by atoms with Crippen LogP contribution in [0.25, 0.3) is 10.9 Å². The number of halogens is 2. The van der Waals surface area contributed by atoms with Crippen molar-refractivity contribution in [3.05, 3.63) is 45.5 Å². The summed E-state index contributed by atoms with van der Waals surface area (Å²) >= 11 is 0. The summed E-state index contributed by atoms with van der Waals surface area (Å²) in [6.07, 6.45) is 2.99. The number of carbonyl (C=O) groups is 2. The average molecular weight is 548 g/mol. The molecule has 1 saturated carbocycles. The Balaban J connectivity index is 1.71. The number of nitrogens with zero attached hydrogens (tertiary/aromatic N) is 2. The van der Waals surface area contributed by atoms with Crippen molar-refractivity contribution in [1.82, 2.24) is 9.88 Å². The van der Waals surface area contributed by atoms with E-state index in [-0.39, 0.29) is 41.6 Å². The van der Waals surface area contributed by atoms with E-state index in [9.17, 15) is 18.8 Å². The summed E-state index contributed by atoms with van der Waals surface area (Å²) in [5.74, 6) is -1.27. The quantitative estimate of drug-likeness (QED) is 0.296. The molecule has 0 spiro atoms. The van der Waals surface area contributed by atoms with Crippen molar-refractivity contribution in [2.75, 3.05) is 31.7 Å². The van der Waals surface area contributed by atoms with Crippen LogP contribution in [0.5, 0.6) is 5.75 Å². The van der Waals surface area contributed by atoms with Crippen LogP contribution < -0.4 is 20.4 Å². The summed E-state index contributed by atoms with van der Waals surface area (Å²) in [5.41, 5.74) is -0.314. The van der Waals surface area contributed by atoms with Gasteiger partial charge in [0.05, 0.1) is 24.6 Å². The van der Waals surface area contributed by atoms with E-state index in [0.717, 1.165) is 18.9 Å². The number of piperidine rings is 1. The number of aromatic nitrogens is 1. The fraction of sp³-hybridized carbons (Fsp3) is 0.536. The SMILES string of the molecule is CCOC(=O)c1cn(C2CC2)c2c(OC)c(N3CCCC(=CC(F)NC(=O)OC(C)(C)C)C3)c(F)cc2c1=O. The van der Waals surface area contributed by atoms with Crippen molar-refractivity contribution in [3.63, 3.8) is 0 Å². The molecule has 1 amide bonds. The third-order valence-corrected chi connectivity index (χ3v) is 6.51. The predicted molar refractivity (Wildman–Crippen MR) is 143 cm³/mol. The first kappa shape index (κ1) is 28.4. The van der Waals surface area contributed by atoms with Crippen LogP contribution in [0.1, 0.15) is 69.8 Å². The molecule has 212 valence electrons. The van der Waals surface area contributed by atoms with Gasteiger partial charge >= 0.3 is 12.1 Å². The lowest BCUT2D eigenvalue weighted by Crippen LogP contribution is -2.37. The van der Waals surface area contributed by atoms with Gasteiger partial charge in [0.25, 0.3) is 0 Å². The molecule has 11 heteroatoms. The number of rotatable bonds is 7. The van der Waals surface area contributed by atoms with Gasteiger partial charge < -0.3 is 23.7 Å². The Labute approximate surface area is 225 Å². The number of benzene rings is 1. The number of hydrogen-bond acceptors (Lipinski definition) is 7. The molecule has 39 heavy (non-hydrogen) atoms. The van der Waals surface area contributed by atoms with Gasteiger partial charge in [-0.05, 0) is 65.5 Å². The number of pyridine rings is 1. The standard InChI is InChI=1S/C28H35F2N3O6/c1-6-38-26(35)19-15-33(17-9-10-17)22-18(24(19)34)13-20(29)23(25(22)37-5)32-11-7-8-16(14-32)12-21(30)31-27(36)39-28(2,3)4/h12-13,15,17,21H,6-11,14H2,1-5H3,(H,31,36). The number of hydrogen-bond donors (Lipinski definition) is 1. The predicted octanol–water partition coefficient (Wildman–Crippen LogP) is 5.01. The van der Waals surface area contributed by atoms with Crippen LogP contribution in [0.2, 0.25) is 0 Å². The lowest BCUT2D eigenvalue weighted by atomic mass is 10.0. The maximum atomic E-state index is 15.7. The summed E-state index contributed by atoms with van der Waals surface area (Å²) in [4.78, 5) is 39.4. The molecule has 1 aromatic heterocycles. The number of carbonyl (C=O) groups excluding carboxylic acids is 2. The highest BCUT2D eigenvalue weighted by Crippen LogP contribution is 2.44. The van der Waals surface area contributed by atoms with Crippen molar-refractivity contribution < 1.29 is 32.6 Å². The van der Waals surface area contributed by atoms with Crippen molar-refractivity contribution in [1.29, 1.82) is 0 Å². The Morgan fingerprint density at radius 3 is 2.62 bits per heavy atom. The third kappa shape index (κ3) is 6.34. The number of methoxy groups -OCH3 is 1. The number of amides is 1. The molecule has 1 atom stereocenters. The molecule has 2 aliphatic rings. The van der Waals surface area contributed by atoms with E-state index in [2.05, 4.69) is 5.32 Å². The normalized spacial score (nSPS) is 17.7. The van der Waals surface area contributed by atoms with E-state index in [1.807, 2.05) is 0 Å². The Morgan fingerprint density at radius 1 is 1.28 bits per heavy atom. The first-order chi connectivity index (χ1) is 18.4. The Kier molecular flexibility index (Phi) is 8.17. The Morgan fingerprint density at radius 2 is 2.00 bits per heavy atom. The lowest BCUT2D eigenvalue weighted by Gasteiger charge is -2.33. The van der Waals surface area contributed by atoms with Crippen molar-refractivity contribution in [2.24, 2.45) is 0 Å². The minimum absolute atomic E-state index is 0.0312. The van der Waals surface area contributed by atoms with Gasteiger partial charge in [0.2, 0.25) is 5.43 Å². The Bertz CT molecular complexity index is 1360. The van der Waals surface area contributed by atoms with Gasteiger partial charge in [-0.1, -0.05) is 5.57 Å². The number of ether oxygens (including phenoxy) is 3. The zero-order valence-electron chi connectivity index (χ0n) is 22.9. The third-order valence-electron chi connectivity index (χ3n) is 6.51. The number of anilines is 1. The number of alkyl carbamates (subject to hydrolysis) is 1. The van der Waals surface area contributed by atoms with E-state index >= 15 is 4.39 Å². The van der Waals surface area contributed by atoms with E-state index < -0.39 is 35.2 Å². The highest BCUT2D eigenvalue weighted by atomic mass is 19.1. The molecule has 9 nitrogen and oxygen atoms in total. The van der Waals surface area contributed by atoms with Gasteiger partial charge in [-0.15, -0.1) is 0 Å². The molecule has 2 aromatic rings. The van der Waals surface area contributed by atoms with E-state index in [0.29, 0.717) is 30.5 Å². The second kappa shape index (κ2) is 11.2. The maximum Gasteiger partial charge on any atom is 0.410 e. The fourth-order valence-electron chi connectivity index (χ4n) is 4.82. The summed E-state index contributed by atoms with van der Waals surface area (Å²) in [7, 11) is 1.40. The van der Waals surface area contributed by atoms with E-state index in [1.165, 1.54) is 19.4 Å². The van der Waals surface area contributed by atoms with Gasteiger partial charge in [-0.3, -0.25) is 10.1 Å². The Hall–Kier alpha value is -3.63. The maximum absolute atomic E-state index is 15.7. The van der Waals surface area contributed by atoms with Gasteiger partial charge in [-0.2, -0.15) is 0 Å². The van der Waals surface area contributed by atoms with Crippen LogP contribution in [0, 0.1) is 5.82 Å². The molecule has 1 N–H and O–H groups in total. The average Bonchev–Trinajstić information content (AvgIpc) is 3.68. The zero-order valence-corrected chi connectivity index (χ0v) is 22.9. The smallest absolute Gasteiger partial charge is 0.410 e. The van der Waals surface area contributed by atoms with Crippen molar-refractivity contribution >= 4 is 28.7 Å². The van der Waals surface area contributed by atoms with Gasteiger partial charge in [0.1, 0.15) is 16.9 Å². The highest BCUT2D eigenvalue weighted by molar-refractivity contribution is 5.97. The van der Waals surface area contributed by atoms with Gasteiger partial charge in [0.15, 0.2) is 17.9 Å².